The van der Waals surface area contributed by atoms with Gasteiger partial charge < -0.3 is 4.74 Å². The first-order valence-electron chi connectivity index (χ1n) is 10.6. The van der Waals surface area contributed by atoms with Gasteiger partial charge in [0, 0.05) is 31.7 Å². The maximum Gasteiger partial charge on any atom is 0.0578 e. The van der Waals surface area contributed by atoms with Gasteiger partial charge in [-0.05, 0) is 79.2 Å². The van der Waals surface area contributed by atoms with Crippen LogP contribution in [0.15, 0.2) is 0 Å². The quantitative estimate of drug-likeness (QED) is 0.604. The molecule has 1 saturated carbocycles. The highest BCUT2D eigenvalue weighted by Gasteiger charge is 2.25. The van der Waals surface area contributed by atoms with Gasteiger partial charge in [-0.2, -0.15) is 0 Å². The Morgan fingerprint density at radius 3 is 2.25 bits per heavy atom. The van der Waals surface area contributed by atoms with Crippen molar-refractivity contribution in [1.29, 1.82) is 0 Å². The largest absolute Gasteiger partial charge is 0.376 e. The topological polar surface area (TPSA) is 15.7 Å². The van der Waals surface area contributed by atoms with Crippen LogP contribution >= 0.6 is 0 Å². The molecule has 1 heterocycles. The second kappa shape index (κ2) is 10.1. The van der Waals surface area contributed by atoms with Crippen LogP contribution in [0.1, 0.15) is 79.6 Å². The summed E-state index contributed by atoms with van der Waals surface area (Å²) >= 11 is 0. The molecule has 0 aromatic carbocycles. The van der Waals surface area contributed by atoms with Crippen LogP contribution in [0.2, 0.25) is 0 Å². The second-order valence-electron chi connectivity index (χ2n) is 8.80. The predicted molar refractivity (Wildman–Crippen MR) is 104 cm³/mol. The van der Waals surface area contributed by atoms with E-state index in [9.17, 15) is 0 Å². The highest BCUT2D eigenvalue weighted by atomic mass is 16.5. The standard InChI is InChI=1S/C21H42N2O/c1-17(2)23-15-14-22(19(5)16-23)13-7-6-8-20-9-11-21(12-10-20)24-18(3)4/h17-21H,6-16H2,1-5H3/t19-,20-,21-/m0/s1. The molecular weight excluding hydrogens is 296 g/mol. The molecule has 0 N–H and O–H groups in total. The van der Waals surface area contributed by atoms with Gasteiger partial charge >= 0.3 is 0 Å². The monoisotopic (exact) mass is 338 g/mol. The van der Waals surface area contributed by atoms with Gasteiger partial charge in [0.05, 0.1) is 12.2 Å². The van der Waals surface area contributed by atoms with E-state index in [1.165, 1.54) is 71.1 Å². The summed E-state index contributed by atoms with van der Waals surface area (Å²) in [5.74, 6) is 0.965. The van der Waals surface area contributed by atoms with Crippen molar-refractivity contribution in [3.63, 3.8) is 0 Å². The molecule has 0 bridgehead atoms. The lowest BCUT2D eigenvalue weighted by atomic mass is 9.84. The third-order valence-electron chi connectivity index (χ3n) is 6.09. The smallest absolute Gasteiger partial charge is 0.0578 e. The number of rotatable bonds is 8. The normalized spacial score (nSPS) is 30.4. The van der Waals surface area contributed by atoms with Crippen LogP contribution < -0.4 is 0 Å². The number of hydrogen-bond donors (Lipinski definition) is 0. The Morgan fingerprint density at radius 2 is 1.67 bits per heavy atom. The van der Waals surface area contributed by atoms with Crippen LogP contribution in [0, 0.1) is 5.92 Å². The Labute approximate surface area is 151 Å². The Hall–Kier alpha value is -0.120. The van der Waals surface area contributed by atoms with E-state index >= 15 is 0 Å². The lowest BCUT2D eigenvalue weighted by molar-refractivity contribution is -0.0204. The number of hydrogen-bond acceptors (Lipinski definition) is 3. The summed E-state index contributed by atoms with van der Waals surface area (Å²) in [6, 6.07) is 1.43. The van der Waals surface area contributed by atoms with Gasteiger partial charge in [-0.15, -0.1) is 0 Å². The first kappa shape index (κ1) is 20.2. The minimum Gasteiger partial charge on any atom is -0.376 e. The fourth-order valence-electron chi connectivity index (χ4n) is 4.51. The summed E-state index contributed by atoms with van der Waals surface area (Å²) < 4.78 is 5.97. The maximum atomic E-state index is 5.97. The molecule has 3 heteroatoms. The zero-order valence-electron chi connectivity index (χ0n) is 17.0. The minimum atomic E-state index is 0.393. The molecule has 2 rings (SSSR count). The molecule has 0 radical (unpaired) electrons. The minimum absolute atomic E-state index is 0.393. The predicted octanol–water partition coefficient (Wildman–Crippen LogP) is 4.56. The molecule has 0 spiro atoms. The zero-order chi connectivity index (χ0) is 17.5. The van der Waals surface area contributed by atoms with Gasteiger partial charge in [0.25, 0.3) is 0 Å². The van der Waals surface area contributed by atoms with Crippen molar-refractivity contribution in [3.8, 4) is 0 Å². The Bertz CT molecular complexity index is 337. The van der Waals surface area contributed by atoms with Crippen molar-refractivity contribution in [2.24, 2.45) is 5.92 Å². The zero-order valence-corrected chi connectivity index (χ0v) is 17.0. The highest BCUT2D eigenvalue weighted by Crippen LogP contribution is 2.30. The first-order valence-corrected chi connectivity index (χ1v) is 10.6. The average Bonchev–Trinajstić information content (AvgIpc) is 2.53. The lowest BCUT2D eigenvalue weighted by Crippen LogP contribution is -2.53. The van der Waals surface area contributed by atoms with Crippen LogP contribution in [-0.2, 0) is 4.74 Å². The van der Waals surface area contributed by atoms with Crippen molar-refractivity contribution in [2.45, 2.75) is 104 Å². The molecule has 1 aliphatic carbocycles. The first-order chi connectivity index (χ1) is 11.5. The van der Waals surface area contributed by atoms with E-state index in [4.69, 9.17) is 4.74 Å². The molecule has 0 unspecified atom stereocenters. The van der Waals surface area contributed by atoms with E-state index in [0.29, 0.717) is 18.2 Å². The maximum absolute atomic E-state index is 5.97. The van der Waals surface area contributed by atoms with Gasteiger partial charge in [0.2, 0.25) is 0 Å². The van der Waals surface area contributed by atoms with Crippen LogP contribution in [0.25, 0.3) is 0 Å². The summed E-state index contributed by atoms with van der Waals surface area (Å²) in [5.41, 5.74) is 0. The van der Waals surface area contributed by atoms with E-state index in [2.05, 4.69) is 44.4 Å². The van der Waals surface area contributed by atoms with Crippen LogP contribution in [0.3, 0.4) is 0 Å². The Kier molecular flexibility index (Phi) is 8.53. The van der Waals surface area contributed by atoms with Crippen LogP contribution in [0.4, 0.5) is 0 Å². The number of unbranched alkanes of at least 4 members (excludes halogenated alkanes) is 1. The SMILES string of the molecule is CC(C)O[C@H]1CC[C@H](CCCCN2CCN(C(C)C)C[C@@H]2C)CC1. The molecule has 0 aromatic heterocycles. The van der Waals surface area contributed by atoms with E-state index in [1.807, 2.05) is 0 Å². The van der Waals surface area contributed by atoms with Gasteiger partial charge in [-0.3, -0.25) is 9.80 Å². The lowest BCUT2D eigenvalue weighted by Gasteiger charge is -2.41. The molecule has 0 aromatic rings. The van der Waals surface area contributed by atoms with Gasteiger partial charge in [-0.25, -0.2) is 0 Å². The Balaban J connectivity index is 1.54. The van der Waals surface area contributed by atoms with E-state index in [-0.39, 0.29) is 0 Å². The van der Waals surface area contributed by atoms with Crippen LogP contribution in [0.5, 0.6) is 0 Å². The molecule has 0 amide bonds. The highest BCUT2D eigenvalue weighted by molar-refractivity contribution is 4.81. The Morgan fingerprint density at radius 1 is 0.958 bits per heavy atom. The third kappa shape index (κ3) is 6.65. The second-order valence-corrected chi connectivity index (χ2v) is 8.80. The average molecular weight is 339 g/mol. The van der Waals surface area contributed by atoms with E-state index < -0.39 is 0 Å². The summed E-state index contributed by atoms with van der Waals surface area (Å²) in [6.45, 7) is 16.4. The molecule has 2 aliphatic rings. The molecule has 1 aliphatic heterocycles. The summed E-state index contributed by atoms with van der Waals surface area (Å²) in [4.78, 5) is 5.34. The van der Waals surface area contributed by atoms with Crippen LogP contribution in [-0.4, -0.2) is 60.3 Å². The van der Waals surface area contributed by atoms with Crippen molar-refractivity contribution < 1.29 is 4.74 Å². The van der Waals surface area contributed by atoms with Gasteiger partial charge in [0.15, 0.2) is 0 Å². The summed E-state index contributed by atoms with van der Waals surface area (Å²) in [7, 11) is 0. The molecular formula is C21H42N2O. The summed E-state index contributed by atoms with van der Waals surface area (Å²) in [6.07, 6.45) is 10.5. The fraction of sp³-hybridized carbons (Fsp3) is 1.00. The molecule has 142 valence electrons. The number of ether oxygens (including phenoxy) is 1. The third-order valence-corrected chi connectivity index (χ3v) is 6.09. The molecule has 2 fully saturated rings. The van der Waals surface area contributed by atoms with E-state index in [0.717, 1.165) is 12.0 Å². The van der Waals surface area contributed by atoms with E-state index in [1.54, 1.807) is 0 Å². The molecule has 3 nitrogen and oxygen atoms in total. The van der Waals surface area contributed by atoms with Crippen molar-refractivity contribution in [3.05, 3.63) is 0 Å². The molecule has 24 heavy (non-hydrogen) atoms. The summed E-state index contributed by atoms with van der Waals surface area (Å²) in [5, 5.41) is 0. The van der Waals surface area contributed by atoms with Crippen molar-refractivity contribution in [2.75, 3.05) is 26.2 Å². The molecule has 1 atom stereocenters. The van der Waals surface area contributed by atoms with Crippen molar-refractivity contribution in [1.82, 2.24) is 9.80 Å². The van der Waals surface area contributed by atoms with Gasteiger partial charge in [-0.1, -0.05) is 12.8 Å². The molecule has 1 saturated heterocycles. The fourth-order valence-corrected chi connectivity index (χ4v) is 4.51. The van der Waals surface area contributed by atoms with Gasteiger partial charge in [0.1, 0.15) is 0 Å². The number of nitrogens with zero attached hydrogens (tertiary/aromatic N) is 2. The van der Waals surface area contributed by atoms with Crippen molar-refractivity contribution >= 4 is 0 Å². The number of piperazine rings is 1.